The molecule has 1 atom stereocenters. The maximum atomic E-state index is 12.6. The number of likely N-dealkylation sites (tertiary alicyclic amines) is 1. The molecule has 2 N–H and O–H groups in total. The number of carbonyl (C=O) groups is 3. The molecule has 0 bridgehead atoms. The van der Waals surface area contributed by atoms with Crippen molar-refractivity contribution < 1.29 is 14.4 Å². The van der Waals surface area contributed by atoms with E-state index in [1.165, 1.54) is 37.9 Å². The van der Waals surface area contributed by atoms with Gasteiger partial charge in [-0.1, -0.05) is 30.7 Å². The van der Waals surface area contributed by atoms with E-state index in [0.29, 0.717) is 6.54 Å². The maximum Gasteiger partial charge on any atom is 0.325 e. The Hall–Kier alpha value is -2.41. The number of urea groups is 1. The second kappa shape index (κ2) is 8.14. The normalized spacial score (nSPS) is 25.2. The highest BCUT2D eigenvalue weighted by molar-refractivity contribution is 6.09. The van der Waals surface area contributed by atoms with Gasteiger partial charge in [-0.05, 0) is 62.7 Å². The van der Waals surface area contributed by atoms with Gasteiger partial charge in [-0.2, -0.15) is 0 Å². The summed E-state index contributed by atoms with van der Waals surface area (Å²) in [5, 5.41) is 5.58. The van der Waals surface area contributed by atoms with Crippen molar-refractivity contribution in [1.82, 2.24) is 20.4 Å². The molecule has 3 aliphatic rings. The summed E-state index contributed by atoms with van der Waals surface area (Å²) in [7, 11) is 0. The van der Waals surface area contributed by atoms with Crippen molar-refractivity contribution >= 4 is 17.8 Å². The average molecular weight is 399 g/mol. The summed E-state index contributed by atoms with van der Waals surface area (Å²) < 4.78 is 0. The number of hydrogen-bond acceptors (Lipinski definition) is 4. The fraction of sp³-hybridized carbons (Fsp3) is 0.591. The first-order chi connectivity index (χ1) is 14.0. The van der Waals surface area contributed by atoms with Crippen LogP contribution in [0.3, 0.4) is 0 Å². The molecule has 0 aromatic heterocycles. The van der Waals surface area contributed by atoms with Crippen molar-refractivity contribution in [3.8, 4) is 0 Å². The largest absolute Gasteiger partial charge is 0.350 e. The van der Waals surface area contributed by atoms with E-state index in [2.05, 4.69) is 27.7 Å². The molecule has 1 aromatic rings. The van der Waals surface area contributed by atoms with Gasteiger partial charge in [0.1, 0.15) is 12.1 Å². The average Bonchev–Trinajstić information content (AvgIpc) is 3.54. The minimum Gasteiger partial charge on any atom is -0.350 e. The van der Waals surface area contributed by atoms with Crippen LogP contribution >= 0.6 is 0 Å². The first kappa shape index (κ1) is 19.9. The minimum atomic E-state index is -0.846. The second-order valence-electron chi connectivity index (χ2n) is 8.73. The highest BCUT2D eigenvalue weighted by Gasteiger charge is 2.56. The predicted molar refractivity (Wildman–Crippen MR) is 109 cm³/mol. The zero-order valence-electron chi connectivity index (χ0n) is 17.1. The molecular weight excluding hydrogens is 368 g/mol. The van der Waals surface area contributed by atoms with E-state index < -0.39 is 11.6 Å². The van der Waals surface area contributed by atoms with E-state index in [9.17, 15) is 14.4 Å². The van der Waals surface area contributed by atoms with Gasteiger partial charge in [0.05, 0.1) is 0 Å². The van der Waals surface area contributed by atoms with E-state index in [0.717, 1.165) is 29.8 Å². The van der Waals surface area contributed by atoms with Gasteiger partial charge in [-0.3, -0.25) is 19.4 Å². The van der Waals surface area contributed by atoms with Gasteiger partial charge in [0.25, 0.3) is 5.91 Å². The summed E-state index contributed by atoms with van der Waals surface area (Å²) in [5.74, 6) is -0.427. The van der Waals surface area contributed by atoms with Crippen molar-refractivity contribution in [2.24, 2.45) is 5.92 Å². The molecule has 4 amide bonds. The van der Waals surface area contributed by atoms with Gasteiger partial charge in [0.15, 0.2) is 0 Å². The summed E-state index contributed by atoms with van der Waals surface area (Å²) in [6.45, 7) is 5.21. The topological polar surface area (TPSA) is 81.8 Å². The Labute approximate surface area is 171 Å². The lowest BCUT2D eigenvalue weighted by Gasteiger charge is -2.26. The quantitative estimate of drug-likeness (QED) is 0.689. The zero-order chi connectivity index (χ0) is 20.4. The van der Waals surface area contributed by atoms with Crippen LogP contribution in [0.2, 0.25) is 0 Å². The highest BCUT2D eigenvalue weighted by Crippen LogP contribution is 2.42. The number of amides is 4. The molecule has 1 aliphatic carbocycles. The summed E-state index contributed by atoms with van der Waals surface area (Å²) in [6.07, 6.45) is 5.77. The van der Waals surface area contributed by atoms with Crippen molar-refractivity contribution in [3.63, 3.8) is 0 Å². The van der Waals surface area contributed by atoms with E-state index in [4.69, 9.17) is 0 Å². The molecule has 3 fully saturated rings. The number of nitrogens with zero attached hydrogens (tertiary/aromatic N) is 2. The van der Waals surface area contributed by atoms with Crippen LogP contribution in [0.25, 0.3) is 0 Å². The van der Waals surface area contributed by atoms with Crippen LogP contribution in [0.15, 0.2) is 24.3 Å². The first-order valence-corrected chi connectivity index (χ1v) is 10.7. The molecule has 2 saturated heterocycles. The SMILES string of the molecule is CC1(C2CC2)NC(=O)N(CC(=O)NCc2ccc(CN3CCCCC3)cc2)C1=O. The van der Waals surface area contributed by atoms with Gasteiger partial charge in [0.2, 0.25) is 5.91 Å². The molecule has 2 heterocycles. The number of rotatable bonds is 7. The summed E-state index contributed by atoms with van der Waals surface area (Å²) >= 11 is 0. The Morgan fingerprint density at radius 2 is 1.76 bits per heavy atom. The summed E-state index contributed by atoms with van der Waals surface area (Å²) in [4.78, 5) is 40.6. The maximum absolute atomic E-state index is 12.6. The monoisotopic (exact) mass is 398 g/mol. The third-order valence-electron chi connectivity index (χ3n) is 6.36. The summed E-state index contributed by atoms with van der Waals surface area (Å²) in [6, 6.07) is 7.79. The number of piperidine rings is 1. The van der Waals surface area contributed by atoms with Crippen molar-refractivity contribution in [2.75, 3.05) is 19.6 Å². The Balaban J connectivity index is 1.25. The van der Waals surface area contributed by atoms with Gasteiger partial charge in [0, 0.05) is 13.1 Å². The molecule has 7 heteroatoms. The Morgan fingerprint density at radius 1 is 1.10 bits per heavy atom. The molecule has 29 heavy (non-hydrogen) atoms. The van der Waals surface area contributed by atoms with Gasteiger partial charge >= 0.3 is 6.03 Å². The Morgan fingerprint density at radius 3 is 2.41 bits per heavy atom. The number of nitrogens with one attached hydrogen (secondary N) is 2. The van der Waals surface area contributed by atoms with Crippen LogP contribution in [0.1, 0.15) is 50.2 Å². The standard InChI is InChI=1S/C22H30N4O3/c1-22(18-9-10-18)20(28)26(21(29)24-22)15-19(27)23-13-16-5-7-17(8-6-16)14-25-11-3-2-4-12-25/h5-8,18H,2-4,9-15H2,1H3,(H,23,27)(H,24,29). The third kappa shape index (κ3) is 4.45. The number of carbonyl (C=O) groups excluding carboxylic acids is 3. The minimum absolute atomic E-state index is 0.190. The molecule has 0 spiro atoms. The molecule has 2 aliphatic heterocycles. The lowest BCUT2D eigenvalue weighted by Crippen LogP contribution is -2.46. The second-order valence-corrected chi connectivity index (χ2v) is 8.73. The van der Waals surface area contributed by atoms with Gasteiger partial charge in [-0.15, -0.1) is 0 Å². The molecule has 1 unspecified atom stereocenters. The molecule has 1 saturated carbocycles. The number of hydrogen-bond donors (Lipinski definition) is 2. The molecular formula is C22H30N4O3. The first-order valence-electron chi connectivity index (χ1n) is 10.7. The molecule has 7 nitrogen and oxygen atoms in total. The van der Waals surface area contributed by atoms with E-state index in [-0.39, 0.29) is 24.3 Å². The zero-order valence-corrected chi connectivity index (χ0v) is 17.1. The third-order valence-corrected chi connectivity index (χ3v) is 6.36. The number of imide groups is 1. The fourth-order valence-corrected chi connectivity index (χ4v) is 4.34. The fourth-order valence-electron chi connectivity index (χ4n) is 4.34. The van der Waals surface area contributed by atoms with Crippen LogP contribution in [0.5, 0.6) is 0 Å². The number of benzene rings is 1. The Kier molecular flexibility index (Phi) is 5.58. The Bertz CT molecular complexity index is 784. The molecule has 156 valence electrons. The predicted octanol–water partition coefficient (Wildman–Crippen LogP) is 2.01. The molecule has 0 radical (unpaired) electrons. The molecule has 4 rings (SSSR count). The van der Waals surface area contributed by atoms with Crippen molar-refractivity contribution in [1.29, 1.82) is 0 Å². The van der Waals surface area contributed by atoms with E-state index >= 15 is 0 Å². The van der Waals surface area contributed by atoms with E-state index in [1.807, 2.05) is 12.1 Å². The van der Waals surface area contributed by atoms with Gasteiger partial charge in [-0.25, -0.2) is 4.79 Å². The lowest BCUT2D eigenvalue weighted by molar-refractivity contribution is -0.135. The van der Waals surface area contributed by atoms with Crippen molar-refractivity contribution in [3.05, 3.63) is 35.4 Å². The van der Waals surface area contributed by atoms with Gasteiger partial charge < -0.3 is 10.6 Å². The summed E-state index contributed by atoms with van der Waals surface area (Å²) in [5.41, 5.74) is 1.43. The van der Waals surface area contributed by atoms with Crippen LogP contribution in [-0.4, -0.2) is 52.8 Å². The highest BCUT2D eigenvalue weighted by atomic mass is 16.2. The van der Waals surface area contributed by atoms with Crippen LogP contribution < -0.4 is 10.6 Å². The van der Waals surface area contributed by atoms with E-state index in [1.54, 1.807) is 6.92 Å². The van der Waals surface area contributed by atoms with Crippen LogP contribution in [0, 0.1) is 5.92 Å². The van der Waals surface area contributed by atoms with Crippen molar-refractivity contribution in [2.45, 2.75) is 57.7 Å². The van der Waals surface area contributed by atoms with Crippen LogP contribution in [-0.2, 0) is 22.7 Å². The molecule has 1 aromatic carbocycles. The van der Waals surface area contributed by atoms with Crippen LogP contribution in [0.4, 0.5) is 4.79 Å². The lowest BCUT2D eigenvalue weighted by atomic mass is 9.96. The smallest absolute Gasteiger partial charge is 0.325 e.